The normalized spacial score (nSPS) is 43.2. The average molecular weight is 234 g/mol. The minimum Gasteiger partial charge on any atom is -0.396 e. The predicted molar refractivity (Wildman–Crippen MR) is 62.2 cm³/mol. The van der Waals surface area contributed by atoms with Crippen LogP contribution in [0.25, 0.3) is 0 Å². The van der Waals surface area contributed by atoms with Gasteiger partial charge >= 0.3 is 0 Å². The lowest BCUT2D eigenvalue weighted by molar-refractivity contribution is -0.135. The third-order valence-electron chi connectivity index (χ3n) is 4.98. The van der Waals surface area contributed by atoms with Crippen molar-refractivity contribution in [2.75, 3.05) is 6.61 Å². The summed E-state index contributed by atoms with van der Waals surface area (Å²) in [6.45, 7) is 2.10. The second-order valence-electron chi connectivity index (χ2n) is 5.95. The average Bonchev–Trinajstić information content (AvgIpc) is 2.85. The van der Waals surface area contributed by atoms with E-state index < -0.39 is 0 Å². The molecule has 3 nitrogen and oxygen atoms in total. The highest BCUT2D eigenvalue weighted by Gasteiger charge is 2.63. The number of rotatable bonds is 3. The molecule has 0 aliphatic heterocycles. The van der Waals surface area contributed by atoms with Crippen molar-refractivity contribution in [3.63, 3.8) is 0 Å². The summed E-state index contributed by atoms with van der Waals surface area (Å²) in [5, 5.41) is 8.83. The van der Waals surface area contributed by atoms with Crippen molar-refractivity contribution in [2.45, 2.75) is 32.6 Å². The highest BCUT2D eigenvalue weighted by atomic mass is 16.3. The predicted octanol–water partition coefficient (Wildman–Crippen LogP) is 1.50. The second kappa shape index (κ2) is 3.52. The molecule has 0 aromatic heterocycles. The van der Waals surface area contributed by atoms with Gasteiger partial charge in [0.05, 0.1) is 0 Å². The Morgan fingerprint density at radius 2 is 2.24 bits per heavy atom. The summed E-state index contributed by atoms with van der Waals surface area (Å²) >= 11 is 0. The van der Waals surface area contributed by atoms with Crippen LogP contribution in [0.1, 0.15) is 32.6 Å². The maximum Gasteiger partial charge on any atom is 0.163 e. The van der Waals surface area contributed by atoms with Crippen LogP contribution in [0.2, 0.25) is 0 Å². The van der Waals surface area contributed by atoms with Crippen LogP contribution in [-0.2, 0) is 9.59 Å². The standard InChI is InChI=1S/C14H18O3/c1-14-7-9(6-11(14)16)10-5-8(3-2-4-15)13(17)12(10)14/h5,9-10,12,15H,2-4,6-7H2,1H3/t9-,10+,12-,14-/m1/s1. The molecule has 4 atom stereocenters. The molecule has 1 N–H and O–H groups in total. The number of ketones is 2. The van der Waals surface area contributed by atoms with Gasteiger partial charge in [-0.2, -0.15) is 0 Å². The fraction of sp³-hybridized carbons (Fsp3) is 0.714. The minimum absolute atomic E-state index is 0.0811. The van der Waals surface area contributed by atoms with Gasteiger partial charge in [-0.25, -0.2) is 0 Å². The first-order valence-electron chi connectivity index (χ1n) is 6.47. The molecule has 0 heterocycles. The number of hydrogen-bond acceptors (Lipinski definition) is 3. The van der Waals surface area contributed by atoms with Gasteiger partial charge in [-0.05, 0) is 36.7 Å². The Morgan fingerprint density at radius 1 is 1.47 bits per heavy atom. The number of aliphatic hydroxyl groups is 1. The molecule has 0 radical (unpaired) electrons. The largest absolute Gasteiger partial charge is 0.396 e. The van der Waals surface area contributed by atoms with E-state index in [9.17, 15) is 9.59 Å². The zero-order valence-corrected chi connectivity index (χ0v) is 10.1. The van der Waals surface area contributed by atoms with Crippen LogP contribution in [0.15, 0.2) is 11.6 Å². The van der Waals surface area contributed by atoms with E-state index in [4.69, 9.17) is 5.11 Å². The van der Waals surface area contributed by atoms with E-state index in [2.05, 4.69) is 6.08 Å². The number of carbonyl (C=O) groups excluding carboxylic acids is 2. The molecule has 0 unspecified atom stereocenters. The smallest absolute Gasteiger partial charge is 0.163 e. The molecule has 17 heavy (non-hydrogen) atoms. The van der Waals surface area contributed by atoms with E-state index in [0.717, 1.165) is 12.0 Å². The Labute approximate surface area is 101 Å². The molecule has 3 aliphatic carbocycles. The monoisotopic (exact) mass is 234 g/mol. The highest BCUT2D eigenvalue weighted by molar-refractivity contribution is 6.06. The van der Waals surface area contributed by atoms with Gasteiger partial charge in [-0.15, -0.1) is 0 Å². The van der Waals surface area contributed by atoms with Crippen LogP contribution in [0.5, 0.6) is 0 Å². The van der Waals surface area contributed by atoms with Crippen molar-refractivity contribution in [1.29, 1.82) is 0 Å². The molecule has 0 aromatic rings. The third-order valence-corrected chi connectivity index (χ3v) is 4.98. The van der Waals surface area contributed by atoms with Gasteiger partial charge < -0.3 is 5.11 Å². The van der Waals surface area contributed by atoms with Crippen molar-refractivity contribution in [2.24, 2.45) is 23.2 Å². The van der Waals surface area contributed by atoms with Gasteiger partial charge in [0.25, 0.3) is 0 Å². The lowest BCUT2D eigenvalue weighted by Gasteiger charge is -2.29. The Hall–Kier alpha value is -0.960. The summed E-state index contributed by atoms with van der Waals surface area (Å²) < 4.78 is 0. The molecular weight excluding hydrogens is 216 g/mol. The molecule has 0 amide bonds. The van der Waals surface area contributed by atoms with Crippen molar-refractivity contribution in [3.8, 4) is 0 Å². The Balaban J connectivity index is 1.88. The van der Waals surface area contributed by atoms with Gasteiger partial charge in [0.1, 0.15) is 5.78 Å². The summed E-state index contributed by atoms with van der Waals surface area (Å²) in [5.74, 6) is 1.09. The molecule has 0 aromatic carbocycles. The fourth-order valence-electron chi connectivity index (χ4n) is 4.16. The first kappa shape index (κ1) is 11.1. The van der Waals surface area contributed by atoms with E-state index in [1.165, 1.54) is 0 Å². The number of allylic oxidation sites excluding steroid dienone is 2. The van der Waals surface area contributed by atoms with Gasteiger partial charge in [0.15, 0.2) is 5.78 Å². The van der Waals surface area contributed by atoms with Crippen molar-refractivity contribution >= 4 is 11.6 Å². The molecule has 3 aliphatic rings. The zero-order valence-electron chi connectivity index (χ0n) is 10.1. The fourth-order valence-corrected chi connectivity index (χ4v) is 4.16. The van der Waals surface area contributed by atoms with Gasteiger partial charge in [0.2, 0.25) is 0 Å². The maximum atomic E-state index is 12.3. The highest BCUT2D eigenvalue weighted by Crippen LogP contribution is 2.62. The molecule has 0 saturated heterocycles. The lowest BCUT2D eigenvalue weighted by atomic mass is 9.71. The molecule has 3 heteroatoms. The summed E-state index contributed by atoms with van der Waals surface area (Å²) in [5.41, 5.74) is 0.476. The van der Waals surface area contributed by atoms with Crippen molar-refractivity contribution in [1.82, 2.24) is 0 Å². The Kier molecular flexibility index (Phi) is 2.31. The quantitative estimate of drug-likeness (QED) is 0.805. The summed E-state index contributed by atoms with van der Waals surface area (Å²) in [6.07, 6.45) is 4.97. The molecule has 2 saturated carbocycles. The van der Waals surface area contributed by atoms with E-state index in [1.54, 1.807) is 0 Å². The van der Waals surface area contributed by atoms with E-state index in [0.29, 0.717) is 31.1 Å². The second-order valence-corrected chi connectivity index (χ2v) is 5.95. The minimum atomic E-state index is -0.385. The van der Waals surface area contributed by atoms with E-state index in [1.807, 2.05) is 6.92 Å². The molecule has 92 valence electrons. The zero-order chi connectivity index (χ0) is 12.2. The molecular formula is C14H18O3. The van der Waals surface area contributed by atoms with Crippen LogP contribution in [0.4, 0.5) is 0 Å². The van der Waals surface area contributed by atoms with Crippen molar-refractivity contribution < 1.29 is 14.7 Å². The van der Waals surface area contributed by atoms with Gasteiger partial charge in [-0.3, -0.25) is 9.59 Å². The molecule has 0 spiro atoms. The Bertz CT molecular complexity index is 423. The first-order chi connectivity index (χ1) is 8.08. The van der Waals surface area contributed by atoms with E-state index >= 15 is 0 Å². The van der Waals surface area contributed by atoms with Crippen LogP contribution in [0, 0.1) is 23.2 Å². The first-order valence-corrected chi connectivity index (χ1v) is 6.47. The van der Waals surface area contributed by atoms with Crippen molar-refractivity contribution in [3.05, 3.63) is 11.6 Å². The maximum absolute atomic E-state index is 12.3. The molecule has 2 bridgehead atoms. The SMILES string of the molecule is C[C@@]12C[C@@H](CC1=O)[C@@H]1C=C(CCCO)C(=O)[C@@H]12. The van der Waals surface area contributed by atoms with Gasteiger partial charge in [0, 0.05) is 24.4 Å². The Morgan fingerprint density at radius 3 is 2.94 bits per heavy atom. The van der Waals surface area contributed by atoms with Crippen LogP contribution >= 0.6 is 0 Å². The number of Topliss-reactive ketones (excluding diaryl/α,β-unsaturated/α-hetero) is 2. The van der Waals surface area contributed by atoms with E-state index in [-0.39, 0.29) is 29.5 Å². The molecule has 2 fully saturated rings. The molecule has 3 rings (SSSR count). The number of carbonyl (C=O) groups is 2. The van der Waals surface area contributed by atoms with Crippen LogP contribution < -0.4 is 0 Å². The summed E-state index contributed by atoms with van der Waals surface area (Å²) in [7, 11) is 0. The van der Waals surface area contributed by atoms with Crippen LogP contribution in [-0.4, -0.2) is 23.3 Å². The number of aliphatic hydroxyl groups excluding tert-OH is 1. The third kappa shape index (κ3) is 1.32. The van der Waals surface area contributed by atoms with Crippen LogP contribution in [0.3, 0.4) is 0 Å². The lowest BCUT2D eigenvalue weighted by Crippen LogP contribution is -2.37. The van der Waals surface area contributed by atoms with Gasteiger partial charge in [-0.1, -0.05) is 13.0 Å². The number of fused-ring (bicyclic) bond motifs is 5. The topological polar surface area (TPSA) is 54.4 Å². The summed E-state index contributed by atoms with van der Waals surface area (Å²) in [6, 6.07) is 0. The number of hydrogen-bond donors (Lipinski definition) is 1. The summed E-state index contributed by atoms with van der Waals surface area (Å²) in [4.78, 5) is 24.3.